The molecule has 0 radical (unpaired) electrons. The Kier molecular flexibility index (Phi) is 5.06. The summed E-state index contributed by atoms with van der Waals surface area (Å²) in [6, 6.07) is 15.6. The number of benzene rings is 1. The predicted molar refractivity (Wildman–Crippen MR) is 104 cm³/mol. The van der Waals surface area contributed by atoms with Crippen LogP contribution >= 0.6 is 22.9 Å². The number of hydrazone groups is 1. The highest BCUT2D eigenvalue weighted by atomic mass is 35.5. The highest BCUT2D eigenvalue weighted by molar-refractivity contribution is 7.18. The Labute approximate surface area is 155 Å². The van der Waals surface area contributed by atoms with Gasteiger partial charge in [-0.2, -0.15) is 5.10 Å². The first-order chi connectivity index (χ1) is 12.0. The molecular weight excluding hydrogens is 354 g/mol. The summed E-state index contributed by atoms with van der Waals surface area (Å²) in [4.78, 5) is 13.5. The van der Waals surface area contributed by atoms with Crippen LogP contribution in [0.25, 0.3) is 5.69 Å². The third-order valence-electron chi connectivity index (χ3n) is 3.95. The van der Waals surface area contributed by atoms with E-state index in [4.69, 9.17) is 11.6 Å². The standard InChI is InChI=1S/C19H18ClN3OS/c1-12-11-16(14(3)23(12)15-7-5-4-6-8-15)19(24)22-21-13(2)17-9-10-18(20)25-17/h4-11H,1-3H3,(H,22,24)/b21-13-. The third kappa shape index (κ3) is 3.67. The van der Waals surface area contributed by atoms with Crippen LogP contribution in [0.2, 0.25) is 4.34 Å². The Morgan fingerprint density at radius 1 is 1.16 bits per heavy atom. The lowest BCUT2D eigenvalue weighted by Crippen LogP contribution is -2.19. The van der Waals surface area contributed by atoms with E-state index in [9.17, 15) is 4.79 Å². The number of para-hydroxylation sites is 1. The van der Waals surface area contributed by atoms with Crippen molar-refractivity contribution < 1.29 is 4.79 Å². The fourth-order valence-electron chi connectivity index (χ4n) is 2.73. The Morgan fingerprint density at radius 3 is 2.52 bits per heavy atom. The van der Waals surface area contributed by atoms with Crippen LogP contribution in [-0.2, 0) is 0 Å². The van der Waals surface area contributed by atoms with Crippen LogP contribution in [0.5, 0.6) is 0 Å². The average molecular weight is 372 g/mol. The molecule has 128 valence electrons. The van der Waals surface area contributed by atoms with Crippen LogP contribution < -0.4 is 5.43 Å². The summed E-state index contributed by atoms with van der Waals surface area (Å²) >= 11 is 7.37. The number of halogens is 1. The highest BCUT2D eigenvalue weighted by Gasteiger charge is 2.16. The van der Waals surface area contributed by atoms with Crippen molar-refractivity contribution in [2.45, 2.75) is 20.8 Å². The van der Waals surface area contributed by atoms with Crippen LogP contribution in [0.4, 0.5) is 0 Å². The number of hydrogen-bond donors (Lipinski definition) is 1. The van der Waals surface area contributed by atoms with E-state index in [0.717, 1.165) is 27.7 Å². The predicted octanol–water partition coefficient (Wildman–Crippen LogP) is 4.96. The summed E-state index contributed by atoms with van der Waals surface area (Å²) in [5.41, 5.74) is 6.89. The molecule has 3 rings (SSSR count). The first-order valence-corrected chi connectivity index (χ1v) is 9.01. The SMILES string of the molecule is C/C(=N/NC(=O)c1cc(C)n(-c2ccccc2)c1C)c1ccc(Cl)s1. The monoisotopic (exact) mass is 371 g/mol. The topological polar surface area (TPSA) is 46.4 Å². The number of hydrogen-bond acceptors (Lipinski definition) is 3. The Bertz CT molecular complexity index is 941. The zero-order chi connectivity index (χ0) is 18.0. The van der Waals surface area contributed by atoms with Crippen LogP contribution in [0.15, 0.2) is 53.6 Å². The van der Waals surface area contributed by atoms with Gasteiger partial charge < -0.3 is 4.57 Å². The fraction of sp³-hybridized carbons (Fsp3) is 0.158. The molecule has 0 atom stereocenters. The molecule has 0 fully saturated rings. The van der Waals surface area contributed by atoms with Crippen molar-refractivity contribution in [1.82, 2.24) is 9.99 Å². The van der Waals surface area contributed by atoms with Crippen molar-refractivity contribution in [3.63, 3.8) is 0 Å². The summed E-state index contributed by atoms with van der Waals surface area (Å²) in [6.45, 7) is 5.76. The van der Waals surface area contributed by atoms with Gasteiger partial charge in [-0.1, -0.05) is 29.8 Å². The van der Waals surface area contributed by atoms with Crippen molar-refractivity contribution in [1.29, 1.82) is 0 Å². The molecule has 1 aromatic carbocycles. The summed E-state index contributed by atoms with van der Waals surface area (Å²) in [6.07, 6.45) is 0. The van der Waals surface area contributed by atoms with Crippen molar-refractivity contribution >= 4 is 34.6 Å². The third-order valence-corrected chi connectivity index (χ3v) is 5.29. The molecule has 4 nitrogen and oxygen atoms in total. The van der Waals surface area contributed by atoms with Gasteiger partial charge >= 0.3 is 0 Å². The molecule has 1 N–H and O–H groups in total. The van der Waals surface area contributed by atoms with E-state index < -0.39 is 0 Å². The zero-order valence-electron chi connectivity index (χ0n) is 14.2. The lowest BCUT2D eigenvalue weighted by atomic mass is 10.2. The molecule has 2 heterocycles. The minimum absolute atomic E-state index is 0.225. The van der Waals surface area contributed by atoms with Crippen LogP contribution in [0.1, 0.15) is 33.5 Å². The van der Waals surface area contributed by atoms with Gasteiger partial charge in [0.15, 0.2) is 0 Å². The zero-order valence-corrected chi connectivity index (χ0v) is 15.8. The minimum atomic E-state index is -0.225. The second-order valence-corrected chi connectivity index (χ2v) is 7.41. The van der Waals surface area contributed by atoms with E-state index in [1.165, 1.54) is 11.3 Å². The lowest BCUT2D eigenvalue weighted by Gasteiger charge is -2.09. The van der Waals surface area contributed by atoms with Crippen LogP contribution in [0.3, 0.4) is 0 Å². The normalized spacial score (nSPS) is 11.6. The van der Waals surface area contributed by atoms with E-state index in [-0.39, 0.29) is 5.91 Å². The van der Waals surface area contributed by atoms with Gasteiger partial charge in [0.05, 0.1) is 20.5 Å². The van der Waals surface area contributed by atoms with Gasteiger partial charge in [-0.3, -0.25) is 4.79 Å². The van der Waals surface area contributed by atoms with Gasteiger partial charge in [-0.05, 0) is 51.1 Å². The number of carbonyl (C=O) groups is 1. The van der Waals surface area contributed by atoms with E-state index in [1.807, 2.05) is 69.3 Å². The number of aryl methyl sites for hydroxylation is 1. The molecule has 6 heteroatoms. The van der Waals surface area contributed by atoms with Gasteiger partial charge in [-0.25, -0.2) is 5.43 Å². The Hall–Kier alpha value is -2.37. The number of aromatic nitrogens is 1. The maximum atomic E-state index is 12.5. The minimum Gasteiger partial charge on any atom is -0.318 e. The van der Waals surface area contributed by atoms with Gasteiger partial charge in [0.1, 0.15) is 0 Å². The Morgan fingerprint density at radius 2 is 1.88 bits per heavy atom. The van der Waals surface area contributed by atoms with Crippen molar-refractivity contribution in [3.8, 4) is 5.69 Å². The van der Waals surface area contributed by atoms with Crippen LogP contribution in [0, 0.1) is 13.8 Å². The molecule has 0 saturated carbocycles. The second-order valence-electron chi connectivity index (χ2n) is 5.70. The molecule has 0 bridgehead atoms. The molecule has 3 aromatic rings. The largest absolute Gasteiger partial charge is 0.318 e. The van der Waals surface area contributed by atoms with Crippen molar-refractivity contribution in [3.05, 3.63) is 74.7 Å². The first-order valence-electron chi connectivity index (χ1n) is 7.82. The van der Waals surface area contributed by atoms with Crippen LogP contribution in [-0.4, -0.2) is 16.2 Å². The maximum Gasteiger partial charge on any atom is 0.273 e. The molecule has 1 amide bonds. The number of rotatable bonds is 4. The van der Waals surface area contributed by atoms with E-state index in [0.29, 0.717) is 9.90 Å². The molecule has 0 saturated heterocycles. The van der Waals surface area contributed by atoms with Crippen molar-refractivity contribution in [2.24, 2.45) is 5.10 Å². The van der Waals surface area contributed by atoms with Gasteiger partial charge in [0.25, 0.3) is 5.91 Å². The Balaban J connectivity index is 1.84. The fourth-order valence-corrected chi connectivity index (χ4v) is 3.71. The molecule has 2 aromatic heterocycles. The molecule has 0 unspecified atom stereocenters. The second kappa shape index (κ2) is 7.25. The van der Waals surface area contributed by atoms with E-state index in [2.05, 4.69) is 15.1 Å². The lowest BCUT2D eigenvalue weighted by molar-refractivity contribution is 0.0954. The molecule has 0 aliphatic heterocycles. The van der Waals surface area contributed by atoms with Gasteiger partial charge in [-0.15, -0.1) is 11.3 Å². The number of thiophene rings is 1. The van der Waals surface area contributed by atoms with E-state index >= 15 is 0 Å². The summed E-state index contributed by atoms with van der Waals surface area (Å²) < 4.78 is 2.76. The quantitative estimate of drug-likeness (QED) is 0.511. The number of nitrogens with zero attached hydrogens (tertiary/aromatic N) is 2. The first kappa shape index (κ1) is 17.5. The smallest absolute Gasteiger partial charge is 0.273 e. The molecular formula is C19H18ClN3OS. The van der Waals surface area contributed by atoms with Gasteiger partial charge in [0, 0.05) is 17.1 Å². The number of nitrogens with one attached hydrogen (secondary N) is 1. The summed E-state index contributed by atoms with van der Waals surface area (Å²) in [7, 11) is 0. The maximum absolute atomic E-state index is 12.5. The molecule has 25 heavy (non-hydrogen) atoms. The average Bonchev–Trinajstić information content (AvgIpc) is 3.16. The molecule has 0 aliphatic rings. The molecule has 0 spiro atoms. The van der Waals surface area contributed by atoms with Crippen molar-refractivity contribution in [2.75, 3.05) is 0 Å². The van der Waals surface area contributed by atoms with E-state index in [1.54, 1.807) is 0 Å². The summed E-state index contributed by atoms with van der Waals surface area (Å²) in [5.74, 6) is -0.225. The number of amides is 1. The summed E-state index contributed by atoms with van der Waals surface area (Å²) in [5, 5.41) is 4.20. The highest BCUT2D eigenvalue weighted by Crippen LogP contribution is 2.22. The molecule has 0 aliphatic carbocycles. The van der Waals surface area contributed by atoms with Gasteiger partial charge in [0.2, 0.25) is 0 Å². The number of carbonyl (C=O) groups excluding carboxylic acids is 1.